The van der Waals surface area contributed by atoms with Crippen LogP contribution in [0.4, 0.5) is 5.82 Å². The Morgan fingerprint density at radius 1 is 1.07 bits per heavy atom. The fraction of sp³-hybridized carbons (Fsp3) is 0.316. The van der Waals surface area contributed by atoms with Gasteiger partial charge in [0.2, 0.25) is 5.91 Å². The van der Waals surface area contributed by atoms with Gasteiger partial charge in [0, 0.05) is 38.6 Å². The number of piperazine rings is 1. The molecule has 3 heterocycles. The van der Waals surface area contributed by atoms with Crippen LogP contribution in [-0.2, 0) is 4.79 Å². The van der Waals surface area contributed by atoms with Crippen molar-refractivity contribution >= 4 is 58.1 Å². The third-order valence-corrected chi connectivity index (χ3v) is 5.62. The summed E-state index contributed by atoms with van der Waals surface area (Å²) in [5.74, 6) is 1.08. The highest BCUT2D eigenvalue weighted by atomic mass is 35.5. The lowest BCUT2D eigenvalue weighted by molar-refractivity contribution is -0.131. The van der Waals surface area contributed by atoms with E-state index in [1.54, 1.807) is 17.7 Å². The summed E-state index contributed by atoms with van der Waals surface area (Å²) in [5.41, 5.74) is 7.20. The first-order chi connectivity index (χ1) is 12.7. The predicted octanol–water partition coefficient (Wildman–Crippen LogP) is 3.27. The molecule has 0 aliphatic carbocycles. The largest absolute Gasteiger partial charge is 0.352 e. The van der Waals surface area contributed by atoms with Gasteiger partial charge in [-0.2, -0.15) is 0 Å². The van der Waals surface area contributed by atoms with Gasteiger partial charge in [0.1, 0.15) is 17.0 Å². The van der Waals surface area contributed by atoms with Gasteiger partial charge < -0.3 is 15.5 Å². The number of rotatable bonds is 4. The monoisotopic (exact) mass is 439 g/mol. The molecule has 2 aromatic heterocycles. The number of hydrogen-bond donors (Lipinski definition) is 1. The predicted molar refractivity (Wildman–Crippen MR) is 119 cm³/mol. The van der Waals surface area contributed by atoms with Crippen LogP contribution in [0.5, 0.6) is 0 Å². The van der Waals surface area contributed by atoms with E-state index in [2.05, 4.69) is 20.9 Å². The van der Waals surface area contributed by atoms with Crippen molar-refractivity contribution in [1.82, 2.24) is 14.9 Å². The molecule has 2 N–H and O–H groups in total. The van der Waals surface area contributed by atoms with Gasteiger partial charge in [-0.15, -0.1) is 36.2 Å². The van der Waals surface area contributed by atoms with Gasteiger partial charge in [-0.05, 0) is 17.0 Å². The van der Waals surface area contributed by atoms with Crippen molar-refractivity contribution in [1.29, 1.82) is 0 Å². The second-order valence-electron chi connectivity index (χ2n) is 6.43. The normalized spacial score (nSPS) is 14.9. The van der Waals surface area contributed by atoms with Gasteiger partial charge in [0.05, 0.1) is 5.39 Å². The van der Waals surface area contributed by atoms with E-state index >= 15 is 0 Å². The zero-order chi connectivity index (χ0) is 17.9. The molecule has 1 amide bonds. The summed E-state index contributed by atoms with van der Waals surface area (Å²) in [5, 5.41) is 3.12. The quantitative estimate of drug-likeness (QED) is 0.674. The van der Waals surface area contributed by atoms with Gasteiger partial charge in [0.25, 0.3) is 0 Å². The maximum Gasteiger partial charge on any atom is 0.224 e. The third kappa shape index (κ3) is 4.72. The number of nitrogens with two attached hydrogens (primary N) is 1. The lowest BCUT2D eigenvalue weighted by atomic mass is 10.0. The Morgan fingerprint density at radius 2 is 1.79 bits per heavy atom. The van der Waals surface area contributed by atoms with Crippen molar-refractivity contribution in [3.8, 4) is 0 Å². The highest BCUT2D eigenvalue weighted by Gasteiger charge is 2.24. The van der Waals surface area contributed by atoms with Crippen LogP contribution in [0.3, 0.4) is 0 Å². The highest BCUT2D eigenvalue weighted by Crippen LogP contribution is 2.27. The van der Waals surface area contributed by atoms with Crippen molar-refractivity contribution < 1.29 is 4.79 Å². The van der Waals surface area contributed by atoms with Crippen LogP contribution < -0.4 is 10.6 Å². The molecule has 1 aliphatic rings. The van der Waals surface area contributed by atoms with Crippen molar-refractivity contribution in [2.24, 2.45) is 5.73 Å². The summed E-state index contributed by atoms with van der Waals surface area (Å²) >= 11 is 1.62. The number of benzene rings is 1. The van der Waals surface area contributed by atoms with Crippen LogP contribution in [0.25, 0.3) is 10.2 Å². The minimum absolute atomic E-state index is 0. The van der Waals surface area contributed by atoms with Crippen LogP contribution in [0.2, 0.25) is 0 Å². The number of amides is 1. The number of aromatic nitrogens is 2. The maximum atomic E-state index is 12.6. The van der Waals surface area contributed by atoms with Gasteiger partial charge in [-0.25, -0.2) is 9.97 Å². The highest BCUT2D eigenvalue weighted by molar-refractivity contribution is 7.16. The summed E-state index contributed by atoms with van der Waals surface area (Å²) in [6.45, 7) is 2.93. The second-order valence-corrected chi connectivity index (χ2v) is 7.32. The molecule has 6 nitrogen and oxygen atoms in total. The van der Waals surface area contributed by atoms with E-state index in [-0.39, 0.29) is 36.8 Å². The Bertz CT molecular complexity index is 899. The fourth-order valence-electron chi connectivity index (χ4n) is 3.33. The van der Waals surface area contributed by atoms with Gasteiger partial charge in [0.15, 0.2) is 0 Å². The lowest BCUT2D eigenvalue weighted by Crippen LogP contribution is -2.49. The summed E-state index contributed by atoms with van der Waals surface area (Å²) in [4.78, 5) is 26.5. The number of thiophene rings is 1. The number of carbonyl (C=O) groups excluding carboxylic acids is 1. The van der Waals surface area contributed by atoms with Crippen LogP contribution >= 0.6 is 36.2 Å². The molecule has 0 bridgehead atoms. The molecule has 1 aliphatic heterocycles. The molecular weight excluding hydrogens is 417 g/mol. The van der Waals surface area contributed by atoms with E-state index in [0.717, 1.165) is 34.7 Å². The molecule has 1 aromatic carbocycles. The van der Waals surface area contributed by atoms with E-state index in [1.165, 1.54) is 0 Å². The second kappa shape index (κ2) is 10.0. The molecular formula is C19H23Cl2N5OS. The Labute approximate surface area is 180 Å². The first-order valence-corrected chi connectivity index (χ1v) is 9.62. The van der Waals surface area contributed by atoms with Crippen LogP contribution in [0, 0.1) is 0 Å². The molecule has 4 rings (SSSR count). The minimum Gasteiger partial charge on any atom is -0.352 e. The number of nitrogens with zero attached hydrogens (tertiary/aromatic N) is 4. The first kappa shape index (κ1) is 22.4. The number of fused-ring (bicyclic) bond motifs is 1. The van der Waals surface area contributed by atoms with Crippen LogP contribution in [0.1, 0.15) is 18.0 Å². The van der Waals surface area contributed by atoms with E-state index in [0.29, 0.717) is 19.5 Å². The molecule has 150 valence electrons. The Kier molecular flexibility index (Phi) is 8.00. The molecule has 1 unspecified atom stereocenters. The van der Waals surface area contributed by atoms with Crippen LogP contribution in [0.15, 0.2) is 48.1 Å². The molecule has 1 atom stereocenters. The van der Waals surface area contributed by atoms with Crippen molar-refractivity contribution in [3.63, 3.8) is 0 Å². The minimum atomic E-state index is -0.256. The van der Waals surface area contributed by atoms with Crippen molar-refractivity contribution in [2.45, 2.75) is 12.5 Å². The van der Waals surface area contributed by atoms with E-state index in [4.69, 9.17) is 5.73 Å². The average molecular weight is 440 g/mol. The molecule has 0 radical (unpaired) electrons. The van der Waals surface area contributed by atoms with Crippen LogP contribution in [-0.4, -0.2) is 47.0 Å². The summed E-state index contributed by atoms with van der Waals surface area (Å²) in [6, 6.07) is 11.6. The number of hydrogen-bond acceptors (Lipinski definition) is 6. The van der Waals surface area contributed by atoms with E-state index < -0.39 is 0 Å². The smallest absolute Gasteiger partial charge is 0.224 e. The van der Waals surface area contributed by atoms with Gasteiger partial charge in [-0.3, -0.25) is 4.79 Å². The standard InChI is InChI=1S/C19H21N5OS.2ClH/c20-16(14-4-2-1-3-5-14)12-17(25)23-7-9-24(10-8-23)18-15-6-11-26-19(15)22-13-21-18;;/h1-6,11,13,16H,7-10,12,20H2;2*1H. The number of anilines is 1. The first-order valence-electron chi connectivity index (χ1n) is 8.74. The summed E-state index contributed by atoms with van der Waals surface area (Å²) in [6.07, 6.45) is 1.96. The molecule has 28 heavy (non-hydrogen) atoms. The summed E-state index contributed by atoms with van der Waals surface area (Å²) < 4.78 is 0. The SMILES string of the molecule is Cl.Cl.NC(CC(=O)N1CCN(c2ncnc3sccc23)CC1)c1ccccc1. The number of carbonyl (C=O) groups is 1. The third-order valence-electron chi connectivity index (χ3n) is 4.79. The van der Waals surface area contributed by atoms with Crippen molar-refractivity contribution in [3.05, 3.63) is 53.7 Å². The maximum absolute atomic E-state index is 12.6. The molecule has 3 aromatic rings. The molecule has 0 saturated carbocycles. The van der Waals surface area contributed by atoms with Gasteiger partial charge >= 0.3 is 0 Å². The Hall–Kier alpha value is -1.93. The lowest BCUT2D eigenvalue weighted by Gasteiger charge is -2.36. The Balaban J connectivity index is 0.00000140. The van der Waals surface area contributed by atoms with Gasteiger partial charge in [-0.1, -0.05) is 30.3 Å². The Morgan fingerprint density at radius 3 is 2.50 bits per heavy atom. The molecule has 0 spiro atoms. The zero-order valence-corrected chi connectivity index (χ0v) is 17.7. The zero-order valence-electron chi connectivity index (χ0n) is 15.2. The molecule has 1 saturated heterocycles. The average Bonchev–Trinajstić information content (AvgIpc) is 3.17. The van der Waals surface area contributed by atoms with Crippen molar-refractivity contribution in [2.75, 3.05) is 31.1 Å². The van der Waals surface area contributed by atoms with E-state index in [1.807, 2.05) is 40.6 Å². The summed E-state index contributed by atoms with van der Waals surface area (Å²) in [7, 11) is 0. The number of halogens is 2. The molecule has 1 fully saturated rings. The molecule has 9 heteroatoms. The topological polar surface area (TPSA) is 75.4 Å². The van der Waals surface area contributed by atoms with E-state index in [9.17, 15) is 4.79 Å². The fourth-order valence-corrected chi connectivity index (χ4v) is 4.06.